The fourth-order valence-electron chi connectivity index (χ4n) is 2.07. The average molecular weight is 319 g/mol. The van der Waals surface area contributed by atoms with Crippen LogP contribution in [0.1, 0.15) is 5.56 Å². The Morgan fingerprint density at radius 1 is 1.19 bits per heavy atom. The van der Waals surface area contributed by atoms with Crippen molar-refractivity contribution >= 4 is 44.4 Å². The molecule has 1 aromatic heterocycles. The van der Waals surface area contributed by atoms with Crippen LogP contribution in [0.15, 0.2) is 47.8 Å². The second-order valence-electron chi connectivity index (χ2n) is 4.56. The highest BCUT2D eigenvalue weighted by Gasteiger charge is 2.09. The van der Waals surface area contributed by atoms with E-state index in [1.165, 1.54) is 22.2 Å². The first-order chi connectivity index (χ1) is 10.1. The van der Waals surface area contributed by atoms with Gasteiger partial charge in [-0.2, -0.15) is 0 Å². The van der Waals surface area contributed by atoms with E-state index in [4.69, 9.17) is 11.6 Å². The van der Waals surface area contributed by atoms with E-state index in [1.54, 1.807) is 17.4 Å². The fourth-order valence-corrected chi connectivity index (χ4v) is 3.08. The van der Waals surface area contributed by atoms with Crippen LogP contribution < -0.4 is 5.32 Å². The molecule has 0 amide bonds. The van der Waals surface area contributed by atoms with Crippen LogP contribution in [0, 0.1) is 10.1 Å². The highest BCUT2D eigenvalue weighted by molar-refractivity contribution is 7.17. The summed E-state index contributed by atoms with van der Waals surface area (Å²) in [6, 6.07) is 12.7. The summed E-state index contributed by atoms with van der Waals surface area (Å²) in [7, 11) is 0. The van der Waals surface area contributed by atoms with Gasteiger partial charge < -0.3 is 5.32 Å². The maximum Gasteiger partial charge on any atom is 0.270 e. The van der Waals surface area contributed by atoms with Gasteiger partial charge in [-0.25, -0.2) is 0 Å². The van der Waals surface area contributed by atoms with Gasteiger partial charge in [-0.3, -0.25) is 10.1 Å². The van der Waals surface area contributed by atoms with Gasteiger partial charge in [0, 0.05) is 29.1 Å². The summed E-state index contributed by atoms with van der Waals surface area (Å²) in [5.74, 6) is 0. The molecule has 0 aliphatic heterocycles. The third-order valence-corrected chi connectivity index (χ3v) is 4.43. The van der Waals surface area contributed by atoms with Crippen LogP contribution in [0.5, 0.6) is 0 Å². The van der Waals surface area contributed by atoms with Crippen LogP contribution in [-0.4, -0.2) is 4.92 Å². The third kappa shape index (κ3) is 2.99. The Balaban J connectivity index is 1.76. The van der Waals surface area contributed by atoms with Gasteiger partial charge in [0.05, 0.1) is 9.95 Å². The molecular weight excluding hydrogens is 308 g/mol. The molecule has 0 aliphatic rings. The predicted molar refractivity (Wildman–Crippen MR) is 87.3 cm³/mol. The highest BCUT2D eigenvalue weighted by atomic mass is 35.5. The quantitative estimate of drug-likeness (QED) is 0.539. The molecule has 1 N–H and O–H groups in total. The SMILES string of the molecule is O=[N+]([O-])c1ccc(CNc2ccc3sccc3c2)c(Cl)c1. The van der Waals surface area contributed by atoms with Gasteiger partial charge >= 0.3 is 0 Å². The lowest BCUT2D eigenvalue weighted by Crippen LogP contribution is -2.00. The number of hydrogen-bond acceptors (Lipinski definition) is 4. The lowest BCUT2D eigenvalue weighted by Gasteiger charge is -2.08. The second-order valence-corrected chi connectivity index (χ2v) is 5.91. The van der Waals surface area contributed by atoms with E-state index in [0.29, 0.717) is 11.6 Å². The number of rotatable bonds is 4. The number of halogens is 1. The zero-order valence-electron chi connectivity index (χ0n) is 10.9. The molecule has 3 rings (SSSR count). The Kier molecular flexibility index (Phi) is 3.77. The van der Waals surface area contributed by atoms with Gasteiger partial charge in [-0.15, -0.1) is 11.3 Å². The van der Waals surface area contributed by atoms with E-state index in [0.717, 1.165) is 11.3 Å². The normalized spacial score (nSPS) is 10.7. The zero-order chi connectivity index (χ0) is 14.8. The summed E-state index contributed by atoms with van der Waals surface area (Å²) < 4.78 is 1.24. The molecule has 0 spiro atoms. The van der Waals surface area contributed by atoms with Crippen molar-refractivity contribution in [2.75, 3.05) is 5.32 Å². The van der Waals surface area contributed by atoms with E-state index in [2.05, 4.69) is 28.9 Å². The van der Waals surface area contributed by atoms with Crippen LogP contribution in [0.2, 0.25) is 5.02 Å². The van der Waals surface area contributed by atoms with Gasteiger partial charge in [0.1, 0.15) is 0 Å². The zero-order valence-corrected chi connectivity index (χ0v) is 12.4. The molecule has 6 heteroatoms. The topological polar surface area (TPSA) is 55.2 Å². The molecule has 4 nitrogen and oxygen atoms in total. The van der Waals surface area contributed by atoms with E-state index in [9.17, 15) is 10.1 Å². The number of anilines is 1. The lowest BCUT2D eigenvalue weighted by molar-refractivity contribution is -0.384. The Labute approximate surface area is 130 Å². The number of non-ortho nitro benzene ring substituents is 1. The van der Waals surface area contributed by atoms with Gasteiger partial charge in [0.25, 0.3) is 5.69 Å². The highest BCUT2D eigenvalue weighted by Crippen LogP contribution is 2.26. The van der Waals surface area contributed by atoms with Crippen molar-refractivity contribution in [2.24, 2.45) is 0 Å². The second kappa shape index (κ2) is 5.71. The number of fused-ring (bicyclic) bond motifs is 1. The summed E-state index contributed by atoms with van der Waals surface area (Å²) in [5, 5.41) is 17.6. The number of nitrogens with zero attached hydrogens (tertiary/aromatic N) is 1. The first kappa shape index (κ1) is 13.9. The van der Waals surface area contributed by atoms with Crippen LogP contribution in [0.25, 0.3) is 10.1 Å². The van der Waals surface area contributed by atoms with Crippen molar-refractivity contribution in [3.05, 3.63) is 68.5 Å². The summed E-state index contributed by atoms with van der Waals surface area (Å²) in [6.07, 6.45) is 0. The first-order valence-corrected chi connectivity index (χ1v) is 7.53. The van der Waals surface area contributed by atoms with Crippen LogP contribution in [0.3, 0.4) is 0 Å². The van der Waals surface area contributed by atoms with E-state index >= 15 is 0 Å². The van der Waals surface area contributed by atoms with E-state index in [-0.39, 0.29) is 5.69 Å². The average Bonchev–Trinajstić information content (AvgIpc) is 2.93. The Hall–Kier alpha value is -2.11. The molecule has 0 saturated carbocycles. The van der Waals surface area contributed by atoms with Gasteiger partial charge in [0.15, 0.2) is 0 Å². The number of nitro benzene ring substituents is 1. The standard InChI is InChI=1S/C15H11ClN2O2S/c16-14-8-13(18(19)20)3-1-11(14)9-17-12-2-4-15-10(7-12)5-6-21-15/h1-8,17H,9H2. The molecule has 0 radical (unpaired) electrons. The van der Waals surface area contributed by atoms with Crippen LogP contribution in [0.4, 0.5) is 11.4 Å². The fraction of sp³-hybridized carbons (Fsp3) is 0.0667. The molecule has 0 atom stereocenters. The predicted octanol–water partition coefficient (Wildman–Crippen LogP) is 5.08. The molecule has 0 unspecified atom stereocenters. The molecule has 0 aliphatic carbocycles. The molecule has 106 valence electrons. The van der Waals surface area contributed by atoms with Crippen molar-refractivity contribution < 1.29 is 4.92 Å². The smallest absolute Gasteiger partial charge is 0.270 e. The molecule has 2 aromatic carbocycles. The number of nitro groups is 1. The summed E-state index contributed by atoms with van der Waals surface area (Å²) >= 11 is 7.78. The Morgan fingerprint density at radius 2 is 2.05 bits per heavy atom. The molecule has 0 fully saturated rings. The minimum atomic E-state index is -0.451. The van der Waals surface area contributed by atoms with Crippen LogP contribution in [-0.2, 0) is 6.54 Å². The number of thiophene rings is 1. The minimum Gasteiger partial charge on any atom is -0.381 e. The maximum atomic E-state index is 10.7. The van der Waals surface area contributed by atoms with Crippen LogP contribution >= 0.6 is 22.9 Å². The Morgan fingerprint density at radius 3 is 2.81 bits per heavy atom. The summed E-state index contributed by atoms with van der Waals surface area (Å²) in [6.45, 7) is 0.520. The van der Waals surface area contributed by atoms with Gasteiger partial charge in [-0.1, -0.05) is 11.6 Å². The van der Waals surface area contributed by atoms with Gasteiger partial charge in [0.2, 0.25) is 0 Å². The molecule has 0 bridgehead atoms. The lowest BCUT2D eigenvalue weighted by atomic mass is 10.2. The molecule has 0 saturated heterocycles. The summed E-state index contributed by atoms with van der Waals surface area (Å²) in [4.78, 5) is 10.2. The third-order valence-electron chi connectivity index (χ3n) is 3.18. The largest absolute Gasteiger partial charge is 0.381 e. The number of hydrogen-bond donors (Lipinski definition) is 1. The number of benzene rings is 2. The molecule has 1 heterocycles. The molecular formula is C15H11ClN2O2S. The minimum absolute atomic E-state index is 0.00319. The van der Waals surface area contributed by atoms with E-state index in [1.807, 2.05) is 6.07 Å². The van der Waals surface area contributed by atoms with Crippen molar-refractivity contribution in [3.8, 4) is 0 Å². The van der Waals surface area contributed by atoms with Gasteiger partial charge in [-0.05, 0) is 46.7 Å². The number of nitrogens with one attached hydrogen (secondary N) is 1. The molecule has 21 heavy (non-hydrogen) atoms. The van der Waals surface area contributed by atoms with Crippen molar-refractivity contribution in [3.63, 3.8) is 0 Å². The summed E-state index contributed by atoms with van der Waals surface area (Å²) in [5.41, 5.74) is 1.83. The first-order valence-electron chi connectivity index (χ1n) is 6.27. The molecule has 3 aromatic rings. The van der Waals surface area contributed by atoms with E-state index < -0.39 is 4.92 Å². The van der Waals surface area contributed by atoms with Crippen molar-refractivity contribution in [1.29, 1.82) is 0 Å². The maximum absolute atomic E-state index is 10.7. The van der Waals surface area contributed by atoms with Crippen molar-refractivity contribution in [1.82, 2.24) is 0 Å². The Bertz CT molecular complexity index is 816. The van der Waals surface area contributed by atoms with Crippen molar-refractivity contribution in [2.45, 2.75) is 6.54 Å². The monoisotopic (exact) mass is 318 g/mol.